The minimum absolute atomic E-state index is 0.0834. The van der Waals surface area contributed by atoms with E-state index < -0.39 is 0 Å². The molecule has 2 aliphatic heterocycles. The molecule has 0 unspecified atom stereocenters. The predicted octanol–water partition coefficient (Wildman–Crippen LogP) is 3.94. The van der Waals surface area contributed by atoms with E-state index in [4.69, 9.17) is 9.47 Å². The first-order valence-corrected chi connectivity index (χ1v) is 11.5. The van der Waals surface area contributed by atoms with Crippen molar-refractivity contribution < 1.29 is 14.3 Å². The quantitative estimate of drug-likeness (QED) is 0.670. The lowest BCUT2D eigenvalue weighted by Crippen LogP contribution is -2.38. The van der Waals surface area contributed by atoms with Crippen molar-refractivity contribution in [2.45, 2.75) is 38.5 Å². The summed E-state index contributed by atoms with van der Waals surface area (Å²) in [6.07, 6.45) is 2.55. The highest BCUT2D eigenvalue weighted by atomic mass is 32.1. The van der Waals surface area contributed by atoms with Gasteiger partial charge in [-0.3, -0.25) is 9.69 Å². The Labute approximate surface area is 186 Å². The van der Waals surface area contributed by atoms with Crippen LogP contribution in [0.3, 0.4) is 0 Å². The number of carbonyl (C=O) groups is 1. The summed E-state index contributed by atoms with van der Waals surface area (Å²) < 4.78 is 12.2. The molecule has 1 atom stereocenters. The molecular weight excluding hydrogens is 410 g/mol. The van der Waals surface area contributed by atoms with Gasteiger partial charge in [-0.05, 0) is 37.1 Å². The smallest absolute Gasteiger partial charge is 0.261 e. The Bertz CT molecular complexity index is 1140. The van der Waals surface area contributed by atoms with Crippen LogP contribution < -0.4 is 10.1 Å². The Morgan fingerprint density at radius 1 is 1.35 bits per heavy atom. The Balaban J connectivity index is 1.39. The molecule has 1 fully saturated rings. The standard InChI is InChI=1S/C24H27N3O3S/c1-24(2)12-16-11-15(6-7-18(16)30-24)13-27-9-10-29-19(14-27)20-17-5-4-8-26-23(17)31-21(20)22(28)25-3/h4-8,11,19H,9-10,12-14H2,1-3H3,(H,25,28)/t19-/m1/s1. The highest BCUT2D eigenvalue weighted by molar-refractivity contribution is 7.20. The third-order valence-electron chi connectivity index (χ3n) is 5.94. The number of amides is 1. The third-order valence-corrected chi connectivity index (χ3v) is 7.07. The molecule has 5 rings (SSSR count). The Morgan fingerprint density at radius 3 is 3.06 bits per heavy atom. The third kappa shape index (κ3) is 3.93. The van der Waals surface area contributed by atoms with E-state index in [1.54, 1.807) is 13.2 Å². The summed E-state index contributed by atoms with van der Waals surface area (Å²) in [6.45, 7) is 7.35. The van der Waals surface area contributed by atoms with Gasteiger partial charge in [-0.25, -0.2) is 4.98 Å². The van der Waals surface area contributed by atoms with Crippen molar-refractivity contribution in [2.75, 3.05) is 26.7 Å². The van der Waals surface area contributed by atoms with Crippen LogP contribution >= 0.6 is 11.3 Å². The van der Waals surface area contributed by atoms with Crippen molar-refractivity contribution in [1.82, 2.24) is 15.2 Å². The highest BCUT2D eigenvalue weighted by Crippen LogP contribution is 2.38. The molecule has 0 bridgehead atoms. The fourth-order valence-electron chi connectivity index (χ4n) is 4.59. The highest BCUT2D eigenvalue weighted by Gasteiger charge is 2.32. The van der Waals surface area contributed by atoms with Gasteiger partial charge >= 0.3 is 0 Å². The van der Waals surface area contributed by atoms with Gasteiger partial charge in [0, 0.05) is 50.2 Å². The number of carbonyl (C=O) groups excluding carboxylic acids is 1. The first-order valence-electron chi connectivity index (χ1n) is 10.7. The molecule has 7 heteroatoms. The zero-order chi connectivity index (χ0) is 21.6. The van der Waals surface area contributed by atoms with Crippen molar-refractivity contribution in [3.63, 3.8) is 0 Å². The van der Waals surface area contributed by atoms with E-state index in [1.807, 2.05) is 12.1 Å². The van der Waals surface area contributed by atoms with E-state index in [0.717, 1.165) is 47.6 Å². The number of ether oxygens (including phenoxy) is 2. The van der Waals surface area contributed by atoms with Gasteiger partial charge in [0.25, 0.3) is 5.91 Å². The summed E-state index contributed by atoms with van der Waals surface area (Å²) in [5.41, 5.74) is 3.39. The van der Waals surface area contributed by atoms with Crippen molar-refractivity contribution in [2.24, 2.45) is 0 Å². The van der Waals surface area contributed by atoms with E-state index in [9.17, 15) is 4.79 Å². The number of fused-ring (bicyclic) bond motifs is 2. The molecule has 6 nitrogen and oxygen atoms in total. The van der Waals surface area contributed by atoms with Crippen molar-refractivity contribution >= 4 is 27.5 Å². The van der Waals surface area contributed by atoms with Crippen molar-refractivity contribution in [3.05, 3.63) is 58.1 Å². The SMILES string of the molecule is CNC(=O)c1sc2ncccc2c1[C@H]1CN(Cc2ccc3c(c2)CC(C)(C)O3)CCO1. The fraction of sp³-hybridized carbons (Fsp3) is 0.417. The molecule has 1 amide bonds. The number of hydrogen-bond donors (Lipinski definition) is 1. The molecule has 1 N–H and O–H groups in total. The average molecular weight is 438 g/mol. The van der Waals surface area contributed by atoms with E-state index in [0.29, 0.717) is 11.5 Å². The van der Waals surface area contributed by atoms with Crippen molar-refractivity contribution in [3.8, 4) is 5.75 Å². The van der Waals surface area contributed by atoms with Gasteiger partial charge in [0.05, 0.1) is 12.7 Å². The van der Waals surface area contributed by atoms with Crippen LogP contribution in [0.5, 0.6) is 5.75 Å². The lowest BCUT2D eigenvalue weighted by atomic mass is 10.00. The number of nitrogens with one attached hydrogen (secondary N) is 1. The minimum Gasteiger partial charge on any atom is -0.487 e. The molecule has 2 aromatic heterocycles. The predicted molar refractivity (Wildman–Crippen MR) is 122 cm³/mol. The topological polar surface area (TPSA) is 63.7 Å². The first kappa shape index (κ1) is 20.4. The second-order valence-electron chi connectivity index (χ2n) is 8.86. The molecule has 1 saturated heterocycles. The molecule has 0 aliphatic carbocycles. The number of pyridine rings is 1. The molecule has 0 radical (unpaired) electrons. The second kappa shape index (κ2) is 7.89. The maximum Gasteiger partial charge on any atom is 0.261 e. The summed E-state index contributed by atoms with van der Waals surface area (Å²) in [5.74, 6) is 0.918. The van der Waals surface area contributed by atoms with Crippen LogP contribution in [0.2, 0.25) is 0 Å². The maximum atomic E-state index is 12.6. The summed E-state index contributed by atoms with van der Waals surface area (Å²) in [7, 11) is 1.66. The summed E-state index contributed by atoms with van der Waals surface area (Å²) >= 11 is 1.43. The van der Waals surface area contributed by atoms with Crippen LogP contribution in [0.15, 0.2) is 36.5 Å². The molecule has 4 heterocycles. The van der Waals surface area contributed by atoms with Crippen LogP contribution in [-0.2, 0) is 17.7 Å². The molecule has 2 aliphatic rings. The molecule has 3 aromatic rings. The molecular formula is C24H27N3O3S. The van der Waals surface area contributed by atoms with Crippen molar-refractivity contribution in [1.29, 1.82) is 0 Å². The molecule has 31 heavy (non-hydrogen) atoms. The number of aromatic nitrogens is 1. The van der Waals surface area contributed by atoms with Crippen LogP contribution in [0.4, 0.5) is 0 Å². The van der Waals surface area contributed by atoms with Crippen LogP contribution in [0.25, 0.3) is 10.2 Å². The summed E-state index contributed by atoms with van der Waals surface area (Å²) in [6, 6.07) is 10.5. The van der Waals surface area contributed by atoms with Crippen LogP contribution in [-0.4, -0.2) is 48.1 Å². The van der Waals surface area contributed by atoms with Gasteiger partial charge in [-0.2, -0.15) is 0 Å². The van der Waals surface area contributed by atoms with Crippen LogP contribution in [0, 0.1) is 0 Å². The number of nitrogens with zero attached hydrogens (tertiary/aromatic N) is 2. The minimum atomic E-state index is -0.157. The number of rotatable bonds is 4. The molecule has 1 aromatic carbocycles. The maximum absolute atomic E-state index is 12.6. The zero-order valence-corrected chi connectivity index (χ0v) is 18.9. The van der Waals surface area contributed by atoms with Gasteiger partial charge < -0.3 is 14.8 Å². The lowest BCUT2D eigenvalue weighted by Gasteiger charge is -2.33. The zero-order valence-electron chi connectivity index (χ0n) is 18.1. The van der Waals surface area contributed by atoms with Crippen LogP contribution in [0.1, 0.15) is 46.3 Å². The summed E-state index contributed by atoms with van der Waals surface area (Å²) in [4.78, 5) is 21.0. The van der Waals surface area contributed by atoms with Gasteiger partial charge in [0.2, 0.25) is 0 Å². The van der Waals surface area contributed by atoms with Gasteiger partial charge in [0.1, 0.15) is 21.1 Å². The van der Waals surface area contributed by atoms with E-state index in [1.165, 1.54) is 22.5 Å². The normalized spacial score (nSPS) is 20.4. The first-order chi connectivity index (χ1) is 14.9. The number of thiophene rings is 1. The number of morpholine rings is 1. The molecule has 0 spiro atoms. The summed E-state index contributed by atoms with van der Waals surface area (Å²) in [5, 5.41) is 3.78. The van der Waals surface area contributed by atoms with Gasteiger partial charge in [-0.1, -0.05) is 18.2 Å². The Kier molecular flexibility index (Phi) is 5.20. The Hall–Kier alpha value is -2.48. The van der Waals surface area contributed by atoms with Gasteiger partial charge in [-0.15, -0.1) is 11.3 Å². The Morgan fingerprint density at radius 2 is 2.23 bits per heavy atom. The number of benzene rings is 1. The molecule has 162 valence electrons. The lowest BCUT2D eigenvalue weighted by molar-refractivity contribution is -0.0323. The van der Waals surface area contributed by atoms with E-state index in [2.05, 4.69) is 47.2 Å². The average Bonchev–Trinajstić information content (AvgIpc) is 3.29. The molecule has 0 saturated carbocycles. The number of hydrogen-bond acceptors (Lipinski definition) is 6. The fourth-order valence-corrected chi connectivity index (χ4v) is 5.73. The largest absolute Gasteiger partial charge is 0.487 e. The second-order valence-corrected chi connectivity index (χ2v) is 9.85. The van der Waals surface area contributed by atoms with E-state index in [-0.39, 0.29) is 17.6 Å². The van der Waals surface area contributed by atoms with E-state index >= 15 is 0 Å². The monoisotopic (exact) mass is 437 g/mol. The van der Waals surface area contributed by atoms with Gasteiger partial charge in [0.15, 0.2) is 0 Å².